The summed E-state index contributed by atoms with van der Waals surface area (Å²) in [7, 11) is 0. The van der Waals surface area contributed by atoms with Crippen LogP contribution in [0.4, 0.5) is 10.3 Å². The second kappa shape index (κ2) is 9.97. The lowest BCUT2D eigenvalue weighted by Gasteiger charge is -2.21. The van der Waals surface area contributed by atoms with Gasteiger partial charge in [0, 0.05) is 29.8 Å². The van der Waals surface area contributed by atoms with Gasteiger partial charge in [-0.05, 0) is 42.2 Å². The number of hydrogen-bond donors (Lipinski definition) is 3. The highest BCUT2D eigenvalue weighted by molar-refractivity contribution is 5.94. The number of fused-ring (bicyclic) bond motifs is 1. The average molecular weight is 424 g/mol. The standard InChI is InChI=1S/C23H25FN4O3/c1-14(2)11-19(27-23-26-13-17-7-8-18(24)12-20(17)28-23)15-3-5-16(6-4-15)22(31)25-10-9-21(29)30/h3-8,12-14,19H,9-11H2,1-2H3,(H,25,31)(H,29,30)(H,26,27,28)/t19-/m0/s1. The monoisotopic (exact) mass is 424 g/mol. The lowest BCUT2D eigenvalue weighted by Crippen LogP contribution is -2.26. The number of amides is 1. The van der Waals surface area contributed by atoms with Crippen LogP contribution in [0.1, 0.15) is 48.7 Å². The Morgan fingerprint density at radius 3 is 2.55 bits per heavy atom. The zero-order valence-corrected chi connectivity index (χ0v) is 17.4. The second-order valence-corrected chi connectivity index (χ2v) is 7.74. The van der Waals surface area contributed by atoms with Crippen LogP contribution in [-0.4, -0.2) is 33.5 Å². The van der Waals surface area contributed by atoms with Gasteiger partial charge in [-0.1, -0.05) is 26.0 Å². The van der Waals surface area contributed by atoms with Crippen molar-refractivity contribution < 1.29 is 19.1 Å². The Kier molecular flexibility index (Phi) is 7.12. The number of carboxylic acids is 1. The van der Waals surface area contributed by atoms with Gasteiger partial charge in [0.2, 0.25) is 5.95 Å². The number of nitrogens with one attached hydrogen (secondary N) is 2. The van der Waals surface area contributed by atoms with E-state index in [2.05, 4.69) is 34.4 Å². The molecule has 0 saturated heterocycles. The van der Waals surface area contributed by atoms with E-state index >= 15 is 0 Å². The molecule has 0 aliphatic rings. The number of carbonyl (C=O) groups is 2. The summed E-state index contributed by atoms with van der Waals surface area (Å²) in [5.41, 5.74) is 1.93. The molecule has 3 rings (SSSR count). The van der Waals surface area contributed by atoms with Gasteiger partial charge in [-0.2, -0.15) is 0 Å². The van der Waals surface area contributed by atoms with Crippen molar-refractivity contribution >= 4 is 28.7 Å². The van der Waals surface area contributed by atoms with E-state index in [1.54, 1.807) is 24.4 Å². The highest BCUT2D eigenvalue weighted by atomic mass is 19.1. The molecule has 0 saturated carbocycles. The maximum absolute atomic E-state index is 13.5. The molecule has 162 valence electrons. The van der Waals surface area contributed by atoms with Gasteiger partial charge < -0.3 is 15.7 Å². The fraction of sp³-hybridized carbons (Fsp3) is 0.304. The Balaban J connectivity index is 1.76. The van der Waals surface area contributed by atoms with Crippen molar-refractivity contribution in [1.29, 1.82) is 0 Å². The van der Waals surface area contributed by atoms with Gasteiger partial charge in [0.1, 0.15) is 5.82 Å². The second-order valence-electron chi connectivity index (χ2n) is 7.74. The van der Waals surface area contributed by atoms with Gasteiger partial charge in [0.25, 0.3) is 5.91 Å². The smallest absolute Gasteiger partial charge is 0.305 e. The fourth-order valence-corrected chi connectivity index (χ4v) is 3.22. The van der Waals surface area contributed by atoms with E-state index in [9.17, 15) is 14.0 Å². The maximum Gasteiger partial charge on any atom is 0.305 e. The number of carbonyl (C=O) groups excluding carboxylic acids is 1. The molecule has 0 aliphatic heterocycles. The van der Waals surface area contributed by atoms with Crippen LogP contribution in [0.5, 0.6) is 0 Å². The van der Waals surface area contributed by atoms with Gasteiger partial charge >= 0.3 is 5.97 Å². The molecule has 0 aliphatic carbocycles. The highest BCUT2D eigenvalue weighted by Crippen LogP contribution is 2.26. The lowest BCUT2D eigenvalue weighted by atomic mass is 9.96. The summed E-state index contributed by atoms with van der Waals surface area (Å²) < 4.78 is 13.5. The molecule has 3 N–H and O–H groups in total. The van der Waals surface area contributed by atoms with Crippen molar-refractivity contribution in [3.05, 3.63) is 65.6 Å². The van der Waals surface area contributed by atoms with E-state index < -0.39 is 5.97 Å². The number of benzene rings is 2. The van der Waals surface area contributed by atoms with Crippen molar-refractivity contribution in [3.63, 3.8) is 0 Å². The van der Waals surface area contributed by atoms with Crippen LogP contribution in [0.15, 0.2) is 48.7 Å². The minimum absolute atomic E-state index is 0.0767. The van der Waals surface area contributed by atoms with Crippen LogP contribution >= 0.6 is 0 Å². The molecule has 0 spiro atoms. The quantitative estimate of drug-likeness (QED) is 0.476. The number of aromatic nitrogens is 2. The third kappa shape index (κ3) is 6.21. The minimum atomic E-state index is -0.961. The molecule has 3 aromatic rings. The first-order valence-corrected chi connectivity index (χ1v) is 10.1. The summed E-state index contributed by atoms with van der Waals surface area (Å²) >= 11 is 0. The molecule has 0 radical (unpaired) electrons. The molecule has 2 aromatic carbocycles. The van der Waals surface area contributed by atoms with Gasteiger partial charge in [-0.25, -0.2) is 14.4 Å². The number of halogens is 1. The number of anilines is 1. The summed E-state index contributed by atoms with van der Waals surface area (Å²) in [6.07, 6.45) is 2.33. The molecular formula is C23H25FN4O3. The summed E-state index contributed by atoms with van der Waals surface area (Å²) in [6, 6.07) is 11.4. The molecule has 0 bridgehead atoms. The molecular weight excluding hydrogens is 399 g/mol. The summed E-state index contributed by atoms with van der Waals surface area (Å²) in [5, 5.41) is 15.3. The topological polar surface area (TPSA) is 104 Å². The zero-order chi connectivity index (χ0) is 22.4. The fourth-order valence-electron chi connectivity index (χ4n) is 3.22. The third-order valence-corrected chi connectivity index (χ3v) is 4.75. The minimum Gasteiger partial charge on any atom is -0.481 e. The summed E-state index contributed by atoms with van der Waals surface area (Å²) in [4.78, 5) is 31.5. The van der Waals surface area contributed by atoms with Crippen LogP contribution in [0.3, 0.4) is 0 Å². The van der Waals surface area contributed by atoms with Crippen molar-refractivity contribution in [2.45, 2.75) is 32.7 Å². The summed E-state index contributed by atoms with van der Waals surface area (Å²) in [6.45, 7) is 4.29. The zero-order valence-electron chi connectivity index (χ0n) is 17.4. The number of hydrogen-bond acceptors (Lipinski definition) is 5. The lowest BCUT2D eigenvalue weighted by molar-refractivity contribution is -0.136. The molecule has 7 nitrogen and oxygen atoms in total. The molecule has 0 fully saturated rings. The molecule has 1 atom stereocenters. The van der Waals surface area contributed by atoms with Gasteiger partial charge in [-0.3, -0.25) is 9.59 Å². The molecule has 1 aromatic heterocycles. The first-order valence-electron chi connectivity index (χ1n) is 10.1. The van der Waals surface area contributed by atoms with Crippen LogP contribution in [0.25, 0.3) is 10.9 Å². The largest absolute Gasteiger partial charge is 0.481 e. The molecule has 31 heavy (non-hydrogen) atoms. The van der Waals surface area contributed by atoms with Gasteiger partial charge in [-0.15, -0.1) is 0 Å². The predicted octanol–water partition coefficient (Wildman–Crippen LogP) is 4.17. The van der Waals surface area contributed by atoms with Crippen molar-refractivity contribution in [2.24, 2.45) is 5.92 Å². The van der Waals surface area contributed by atoms with E-state index in [0.29, 0.717) is 22.9 Å². The maximum atomic E-state index is 13.5. The first kappa shape index (κ1) is 22.1. The Hall–Kier alpha value is -3.55. The Morgan fingerprint density at radius 2 is 1.87 bits per heavy atom. The highest BCUT2D eigenvalue weighted by Gasteiger charge is 2.16. The van der Waals surface area contributed by atoms with Crippen molar-refractivity contribution in [2.75, 3.05) is 11.9 Å². The van der Waals surface area contributed by atoms with E-state index in [1.807, 2.05) is 12.1 Å². The Morgan fingerprint density at radius 1 is 1.13 bits per heavy atom. The van der Waals surface area contributed by atoms with E-state index in [1.165, 1.54) is 12.1 Å². The molecule has 0 unspecified atom stereocenters. The van der Waals surface area contributed by atoms with Crippen molar-refractivity contribution in [1.82, 2.24) is 15.3 Å². The van der Waals surface area contributed by atoms with Crippen molar-refractivity contribution in [3.8, 4) is 0 Å². The van der Waals surface area contributed by atoms with E-state index in [4.69, 9.17) is 5.11 Å². The summed E-state index contributed by atoms with van der Waals surface area (Å²) in [5.74, 6) is -0.848. The van der Waals surface area contributed by atoms with Gasteiger partial charge in [0.15, 0.2) is 0 Å². The first-order chi connectivity index (χ1) is 14.8. The van der Waals surface area contributed by atoms with Crippen LogP contribution < -0.4 is 10.6 Å². The molecule has 8 heteroatoms. The number of aliphatic carboxylic acids is 1. The van der Waals surface area contributed by atoms with Crippen LogP contribution in [0.2, 0.25) is 0 Å². The average Bonchev–Trinajstić information content (AvgIpc) is 2.72. The number of nitrogens with zero attached hydrogens (tertiary/aromatic N) is 2. The normalized spacial score (nSPS) is 12.0. The molecule has 1 heterocycles. The predicted molar refractivity (Wildman–Crippen MR) is 116 cm³/mol. The van der Waals surface area contributed by atoms with E-state index in [0.717, 1.165) is 17.4 Å². The van der Waals surface area contributed by atoms with E-state index in [-0.39, 0.29) is 30.7 Å². The van der Waals surface area contributed by atoms with Crippen LogP contribution in [0, 0.1) is 11.7 Å². The molecule has 1 amide bonds. The number of rotatable bonds is 9. The SMILES string of the molecule is CC(C)C[C@H](Nc1ncc2ccc(F)cc2n1)c1ccc(C(=O)NCCC(=O)O)cc1. The Bertz CT molecular complexity index is 1070. The third-order valence-electron chi connectivity index (χ3n) is 4.75. The van der Waals surface area contributed by atoms with Gasteiger partial charge in [0.05, 0.1) is 18.0 Å². The Labute approximate surface area is 179 Å². The van der Waals surface area contributed by atoms with Crippen LogP contribution in [-0.2, 0) is 4.79 Å². The number of carboxylic acid groups (broad SMARTS) is 1.